The van der Waals surface area contributed by atoms with Crippen LogP contribution in [0.25, 0.3) is 0 Å². The maximum absolute atomic E-state index is 12.3. The second kappa shape index (κ2) is 8.24. The van der Waals surface area contributed by atoms with Gasteiger partial charge in [0.05, 0.1) is 0 Å². The van der Waals surface area contributed by atoms with Crippen LogP contribution in [0, 0.1) is 5.92 Å². The Morgan fingerprint density at radius 1 is 1.21 bits per heavy atom. The third-order valence-corrected chi connectivity index (χ3v) is 4.35. The summed E-state index contributed by atoms with van der Waals surface area (Å²) in [6.07, 6.45) is 0.256. The summed E-state index contributed by atoms with van der Waals surface area (Å²) >= 11 is 1.41. The Kier molecular flexibility index (Phi) is 6.31. The second-order valence-electron chi connectivity index (χ2n) is 6.58. The summed E-state index contributed by atoms with van der Waals surface area (Å²) in [5, 5.41) is 12.3. The summed E-state index contributed by atoms with van der Waals surface area (Å²) in [7, 11) is 0. The van der Waals surface area contributed by atoms with Crippen LogP contribution in [-0.2, 0) is 11.2 Å². The molecule has 1 N–H and O–H groups in total. The highest BCUT2D eigenvalue weighted by atomic mass is 32.1. The van der Waals surface area contributed by atoms with Crippen LogP contribution in [0.5, 0.6) is 5.75 Å². The summed E-state index contributed by atoms with van der Waals surface area (Å²) in [5.74, 6) is 1.40. The van der Waals surface area contributed by atoms with Gasteiger partial charge in [-0.15, -0.1) is 10.2 Å². The van der Waals surface area contributed by atoms with E-state index in [4.69, 9.17) is 4.74 Å². The molecule has 0 spiro atoms. The molecule has 1 aromatic carbocycles. The highest BCUT2D eigenvalue weighted by molar-refractivity contribution is 7.15. The molecule has 5 nitrogen and oxygen atoms in total. The molecule has 2 rings (SSSR count). The Balaban J connectivity index is 1.94. The van der Waals surface area contributed by atoms with Crippen LogP contribution in [0.1, 0.15) is 51.1 Å². The van der Waals surface area contributed by atoms with Crippen molar-refractivity contribution in [3.63, 3.8) is 0 Å². The zero-order chi connectivity index (χ0) is 17.7. The lowest BCUT2D eigenvalue weighted by atomic mass is 10.0. The Morgan fingerprint density at radius 2 is 1.96 bits per heavy atom. The first-order valence-electron chi connectivity index (χ1n) is 8.25. The molecule has 0 saturated carbocycles. The molecule has 0 aliphatic carbocycles. The lowest BCUT2D eigenvalue weighted by Crippen LogP contribution is -2.30. The van der Waals surface area contributed by atoms with Crippen molar-refractivity contribution in [3.05, 3.63) is 34.8 Å². The minimum atomic E-state index is -0.607. The zero-order valence-electron chi connectivity index (χ0n) is 14.9. The van der Waals surface area contributed by atoms with Gasteiger partial charge in [-0.3, -0.25) is 10.1 Å². The fourth-order valence-electron chi connectivity index (χ4n) is 2.15. The van der Waals surface area contributed by atoms with E-state index in [1.165, 1.54) is 16.9 Å². The van der Waals surface area contributed by atoms with Crippen molar-refractivity contribution < 1.29 is 9.53 Å². The lowest BCUT2D eigenvalue weighted by Gasteiger charge is -2.15. The summed E-state index contributed by atoms with van der Waals surface area (Å²) in [6.45, 7) is 10.2. The molecule has 0 fully saturated rings. The van der Waals surface area contributed by atoms with Crippen LogP contribution >= 0.6 is 11.3 Å². The number of anilines is 1. The van der Waals surface area contributed by atoms with Crippen molar-refractivity contribution in [2.24, 2.45) is 5.92 Å². The number of hydrogen-bond acceptors (Lipinski definition) is 5. The van der Waals surface area contributed by atoms with Crippen LogP contribution < -0.4 is 10.1 Å². The van der Waals surface area contributed by atoms with E-state index < -0.39 is 6.10 Å². The monoisotopic (exact) mass is 347 g/mol. The highest BCUT2D eigenvalue weighted by Gasteiger charge is 2.17. The average Bonchev–Trinajstić information content (AvgIpc) is 2.93. The number of benzene rings is 1. The Hall–Kier alpha value is -1.95. The molecule has 0 aliphatic rings. The zero-order valence-corrected chi connectivity index (χ0v) is 15.7. The Bertz CT molecular complexity index is 682. The topological polar surface area (TPSA) is 64.1 Å². The van der Waals surface area contributed by atoms with Gasteiger partial charge in [0.15, 0.2) is 6.10 Å². The predicted octanol–water partition coefficient (Wildman–Crippen LogP) is 4.27. The molecule has 24 heavy (non-hydrogen) atoms. The molecule has 0 saturated heterocycles. The van der Waals surface area contributed by atoms with Gasteiger partial charge < -0.3 is 4.74 Å². The first kappa shape index (κ1) is 18.4. The van der Waals surface area contributed by atoms with Crippen LogP contribution in [0.2, 0.25) is 0 Å². The van der Waals surface area contributed by atoms with Crippen LogP contribution in [0.15, 0.2) is 24.3 Å². The number of nitrogens with one attached hydrogen (secondary N) is 1. The Labute approximate surface area is 147 Å². The number of carbonyl (C=O) groups is 1. The maximum Gasteiger partial charge on any atom is 0.266 e. The van der Waals surface area contributed by atoms with Crippen molar-refractivity contribution >= 4 is 22.4 Å². The maximum atomic E-state index is 12.3. The molecule has 1 heterocycles. The highest BCUT2D eigenvalue weighted by Crippen LogP contribution is 2.22. The van der Waals surface area contributed by atoms with Gasteiger partial charge in [-0.05, 0) is 36.5 Å². The Morgan fingerprint density at radius 3 is 2.62 bits per heavy atom. The molecule has 6 heteroatoms. The van der Waals surface area contributed by atoms with E-state index >= 15 is 0 Å². The second-order valence-corrected chi connectivity index (χ2v) is 7.64. The van der Waals surface area contributed by atoms with Gasteiger partial charge in [0, 0.05) is 6.42 Å². The number of ether oxygens (including phenoxy) is 1. The van der Waals surface area contributed by atoms with Crippen molar-refractivity contribution in [3.8, 4) is 5.75 Å². The third kappa shape index (κ3) is 5.30. The number of rotatable bonds is 7. The number of nitrogens with zero attached hydrogens (tertiary/aromatic N) is 2. The molecule has 130 valence electrons. The van der Waals surface area contributed by atoms with Crippen molar-refractivity contribution in [1.29, 1.82) is 0 Å². The molecule has 0 radical (unpaired) electrons. The normalized spacial score (nSPS) is 12.5. The summed E-state index contributed by atoms with van der Waals surface area (Å²) in [6, 6.07) is 7.83. The first-order chi connectivity index (χ1) is 11.3. The first-order valence-corrected chi connectivity index (χ1v) is 9.06. The van der Waals surface area contributed by atoms with Crippen LogP contribution in [0.4, 0.5) is 5.13 Å². The molecule has 0 bridgehead atoms. The van der Waals surface area contributed by atoms with E-state index in [1.807, 2.05) is 18.2 Å². The smallest absolute Gasteiger partial charge is 0.266 e. The molecule has 2 aromatic rings. The van der Waals surface area contributed by atoms with Gasteiger partial charge in [0.25, 0.3) is 5.91 Å². The quantitative estimate of drug-likeness (QED) is 0.812. The third-order valence-electron chi connectivity index (χ3n) is 3.49. The molecular formula is C18H25N3O2S. The van der Waals surface area contributed by atoms with E-state index in [2.05, 4.69) is 49.3 Å². The molecule has 1 atom stereocenters. The van der Waals surface area contributed by atoms with Crippen molar-refractivity contribution in [1.82, 2.24) is 10.2 Å². The summed E-state index contributed by atoms with van der Waals surface area (Å²) in [4.78, 5) is 12.3. The van der Waals surface area contributed by atoms with Gasteiger partial charge in [0.2, 0.25) is 5.13 Å². The van der Waals surface area contributed by atoms with E-state index in [1.54, 1.807) is 6.92 Å². The van der Waals surface area contributed by atoms with Crippen molar-refractivity contribution in [2.75, 3.05) is 5.32 Å². The van der Waals surface area contributed by atoms with E-state index in [9.17, 15) is 4.79 Å². The standard InChI is InChI=1S/C18H25N3O2S/c1-11(2)9-16-20-21-18(24-16)19-17(22)13(5)23-15-8-6-7-14(10-15)12(3)4/h6-8,10-13H,9H2,1-5H3,(H,19,21,22). The minimum Gasteiger partial charge on any atom is -0.481 e. The number of carbonyl (C=O) groups excluding carboxylic acids is 1. The largest absolute Gasteiger partial charge is 0.481 e. The molecular weight excluding hydrogens is 322 g/mol. The fourth-order valence-corrected chi connectivity index (χ4v) is 3.10. The number of amides is 1. The van der Waals surface area contributed by atoms with Gasteiger partial charge >= 0.3 is 0 Å². The summed E-state index contributed by atoms with van der Waals surface area (Å²) in [5.41, 5.74) is 1.18. The van der Waals surface area contributed by atoms with Gasteiger partial charge in [-0.1, -0.05) is 51.2 Å². The number of aromatic nitrogens is 2. The van der Waals surface area contributed by atoms with E-state index in [0.717, 1.165) is 11.4 Å². The minimum absolute atomic E-state index is 0.225. The van der Waals surface area contributed by atoms with E-state index in [0.29, 0.717) is 22.7 Å². The van der Waals surface area contributed by atoms with Gasteiger partial charge in [-0.2, -0.15) is 0 Å². The number of hydrogen-bond donors (Lipinski definition) is 1. The van der Waals surface area contributed by atoms with Gasteiger partial charge in [-0.25, -0.2) is 0 Å². The van der Waals surface area contributed by atoms with Crippen molar-refractivity contribution in [2.45, 2.75) is 53.1 Å². The molecule has 1 aromatic heterocycles. The summed E-state index contributed by atoms with van der Waals surface area (Å²) < 4.78 is 5.75. The van der Waals surface area contributed by atoms with Crippen LogP contribution in [0.3, 0.4) is 0 Å². The van der Waals surface area contributed by atoms with Gasteiger partial charge in [0.1, 0.15) is 10.8 Å². The molecule has 1 amide bonds. The molecule has 1 unspecified atom stereocenters. The SMILES string of the molecule is CC(C)Cc1nnc(NC(=O)C(C)Oc2cccc(C(C)C)c2)s1. The average molecular weight is 347 g/mol. The predicted molar refractivity (Wildman–Crippen MR) is 97.7 cm³/mol. The van der Waals surface area contributed by atoms with Crippen LogP contribution in [-0.4, -0.2) is 22.2 Å². The van der Waals surface area contributed by atoms with E-state index in [-0.39, 0.29) is 5.91 Å². The molecule has 0 aliphatic heterocycles. The fraction of sp³-hybridized carbons (Fsp3) is 0.500. The lowest BCUT2D eigenvalue weighted by molar-refractivity contribution is -0.122.